The Morgan fingerprint density at radius 1 is 1.08 bits per heavy atom. The minimum absolute atomic E-state index is 0.0364. The summed E-state index contributed by atoms with van der Waals surface area (Å²) in [6.45, 7) is 3.05. The lowest BCUT2D eigenvalue weighted by molar-refractivity contribution is -0.137. The molecule has 0 amide bonds. The van der Waals surface area contributed by atoms with Gasteiger partial charge in [-0.3, -0.25) is 9.59 Å². The number of nitrogens with one attached hydrogen (secondary N) is 2. The second-order valence-corrected chi connectivity index (χ2v) is 5.88. The number of benzene rings is 2. The number of aromatic nitrogens is 2. The summed E-state index contributed by atoms with van der Waals surface area (Å²) < 4.78 is 0. The number of ketones is 1. The molecule has 0 fully saturated rings. The number of rotatable bonds is 6. The van der Waals surface area contributed by atoms with Crippen molar-refractivity contribution in [2.75, 3.05) is 10.6 Å². The molecule has 0 saturated heterocycles. The van der Waals surface area contributed by atoms with Crippen molar-refractivity contribution >= 4 is 40.1 Å². The van der Waals surface area contributed by atoms with Gasteiger partial charge in [0.1, 0.15) is 11.9 Å². The molecule has 7 heteroatoms. The molecule has 26 heavy (non-hydrogen) atoms. The lowest BCUT2D eigenvalue weighted by Crippen LogP contribution is -2.26. The van der Waals surface area contributed by atoms with Crippen LogP contribution in [0.3, 0.4) is 0 Å². The third-order valence-electron chi connectivity index (χ3n) is 3.85. The largest absolute Gasteiger partial charge is 0.480 e. The van der Waals surface area contributed by atoms with Crippen LogP contribution < -0.4 is 10.6 Å². The molecule has 7 nitrogen and oxygen atoms in total. The summed E-state index contributed by atoms with van der Waals surface area (Å²) in [5.74, 6) is -0.276. The Labute approximate surface area is 150 Å². The monoisotopic (exact) mass is 350 g/mol. The van der Waals surface area contributed by atoms with Crippen molar-refractivity contribution in [1.82, 2.24) is 9.97 Å². The summed E-state index contributed by atoms with van der Waals surface area (Å²) in [7, 11) is 0. The molecule has 3 rings (SSSR count). The first-order chi connectivity index (χ1) is 12.4. The predicted octanol–water partition coefficient (Wildman–Crippen LogP) is 3.46. The lowest BCUT2D eigenvalue weighted by atomic mass is 10.1. The normalized spacial score (nSPS) is 11.8. The first-order valence-electron chi connectivity index (χ1n) is 8.08. The van der Waals surface area contributed by atoms with Crippen LogP contribution >= 0.6 is 0 Å². The number of carbonyl (C=O) groups is 2. The standard InChI is InChI=1S/C19H18N4O3/c1-11(18(25)26)20-17-15-8-3-4-9-16(15)22-19(23-17)21-14-7-5-6-13(10-14)12(2)24/h3-11H,1-2H3,(H,25,26)(H2,20,21,22,23). The van der Waals surface area contributed by atoms with Crippen molar-refractivity contribution in [3.63, 3.8) is 0 Å². The molecule has 132 valence electrons. The maximum atomic E-state index is 11.5. The first-order valence-corrected chi connectivity index (χ1v) is 8.08. The van der Waals surface area contributed by atoms with Gasteiger partial charge in [0.2, 0.25) is 5.95 Å². The van der Waals surface area contributed by atoms with Gasteiger partial charge in [0.05, 0.1) is 5.52 Å². The Hall–Kier alpha value is -3.48. The molecule has 0 bridgehead atoms. The van der Waals surface area contributed by atoms with Crippen LogP contribution in [0.2, 0.25) is 0 Å². The van der Waals surface area contributed by atoms with E-state index in [9.17, 15) is 9.59 Å². The number of carboxylic acids is 1. The van der Waals surface area contributed by atoms with Gasteiger partial charge in [0.25, 0.3) is 0 Å². The van der Waals surface area contributed by atoms with E-state index in [-0.39, 0.29) is 5.78 Å². The molecule has 3 aromatic rings. The molecule has 2 aromatic carbocycles. The number of hydrogen-bond acceptors (Lipinski definition) is 6. The van der Waals surface area contributed by atoms with E-state index in [2.05, 4.69) is 20.6 Å². The summed E-state index contributed by atoms with van der Waals surface area (Å²) in [5, 5.41) is 15.8. The molecule has 0 aliphatic heterocycles. The topological polar surface area (TPSA) is 104 Å². The van der Waals surface area contributed by atoms with Crippen LogP contribution in [-0.2, 0) is 4.79 Å². The van der Waals surface area contributed by atoms with Crippen LogP contribution in [0.5, 0.6) is 0 Å². The highest BCUT2D eigenvalue weighted by Gasteiger charge is 2.15. The second-order valence-electron chi connectivity index (χ2n) is 5.88. The van der Waals surface area contributed by atoms with Crippen LogP contribution in [0.15, 0.2) is 48.5 Å². The van der Waals surface area contributed by atoms with E-state index in [0.717, 1.165) is 5.39 Å². The van der Waals surface area contributed by atoms with E-state index in [1.807, 2.05) is 24.3 Å². The third-order valence-corrected chi connectivity index (χ3v) is 3.85. The van der Waals surface area contributed by atoms with E-state index in [0.29, 0.717) is 28.5 Å². The SMILES string of the molecule is CC(=O)c1cccc(Nc2nc(NC(C)C(=O)O)c3ccccc3n2)c1. The number of anilines is 3. The second kappa shape index (κ2) is 7.18. The minimum Gasteiger partial charge on any atom is -0.480 e. The molecule has 0 spiro atoms. The number of hydrogen-bond donors (Lipinski definition) is 3. The highest BCUT2D eigenvalue weighted by atomic mass is 16.4. The van der Waals surface area contributed by atoms with E-state index < -0.39 is 12.0 Å². The quantitative estimate of drug-likeness (QED) is 0.585. The third kappa shape index (κ3) is 3.77. The van der Waals surface area contributed by atoms with E-state index in [4.69, 9.17) is 5.11 Å². The molecule has 1 aromatic heterocycles. The summed E-state index contributed by atoms with van der Waals surface area (Å²) in [6.07, 6.45) is 0. The Balaban J connectivity index is 2.00. The summed E-state index contributed by atoms with van der Waals surface area (Å²) in [6, 6.07) is 13.6. The molecule has 1 unspecified atom stereocenters. The maximum Gasteiger partial charge on any atom is 0.325 e. The molecule has 0 saturated carbocycles. The minimum atomic E-state index is -0.976. The van der Waals surface area contributed by atoms with Crippen molar-refractivity contribution < 1.29 is 14.7 Å². The van der Waals surface area contributed by atoms with Gasteiger partial charge in [-0.05, 0) is 38.1 Å². The fourth-order valence-electron chi connectivity index (χ4n) is 2.45. The molecule has 0 aliphatic rings. The Morgan fingerprint density at radius 2 is 1.85 bits per heavy atom. The molecular weight excluding hydrogens is 332 g/mol. The van der Waals surface area contributed by atoms with Gasteiger partial charge in [-0.15, -0.1) is 0 Å². The van der Waals surface area contributed by atoms with E-state index >= 15 is 0 Å². The highest BCUT2D eigenvalue weighted by molar-refractivity contribution is 5.95. The van der Waals surface area contributed by atoms with Crippen molar-refractivity contribution in [1.29, 1.82) is 0 Å². The number of carbonyl (C=O) groups excluding carboxylic acids is 1. The first kappa shape index (κ1) is 17.3. The predicted molar refractivity (Wildman–Crippen MR) is 100.0 cm³/mol. The van der Waals surface area contributed by atoms with Gasteiger partial charge in [-0.1, -0.05) is 24.3 Å². The Bertz CT molecular complexity index is 987. The van der Waals surface area contributed by atoms with Gasteiger partial charge in [-0.2, -0.15) is 4.98 Å². The van der Waals surface area contributed by atoms with Gasteiger partial charge in [0.15, 0.2) is 5.78 Å². The fourth-order valence-corrected chi connectivity index (χ4v) is 2.45. The highest BCUT2D eigenvalue weighted by Crippen LogP contribution is 2.24. The number of para-hydroxylation sites is 1. The van der Waals surface area contributed by atoms with Gasteiger partial charge in [-0.25, -0.2) is 4.98 Å². The average Bonchev–Trinajstić information content (AvgIpc) is 2.61. The number of fused-ring (bicyclic) bond motifs is 1. The number of Topliss-reactive ketones (excluding diaryl/α,β-unsaturated/α-hetero) is 1. The number of carboxylic acid groups (broad SMARTS) is 1. The Kier molecular flexibility index (Phi) is 4.79. The zero-order valence-electron chi connectivity index (χ0n) is 14.4. The van der Waals surface area contributed by atoms with Gasteiger partial charge in [0, 0.05) is 16.6 Å². The Morgan fingerprint density at radius 3 is 2.58 bits per heavy atom. The summed E-state index contributed by atoms with van der Waals surface area (Å²) in [4.78, 5) is 31.6. The van der Waals surface area contributed by atoms with E-state index in [1.165, 1.54) is 6.92 Å². The van der Waals surface area contributed by atoms with Crippen molar-refractivity contribution in [3.05, 3.63) is 54.1 Å². The van der Waals surface area contributed by atoms with Crippen molar-refractivity contribution in [3.8, 4) is 0 Å². The van der Waals surface area contributed by atoms with Crippen LogP contribution in [0.25, 0.3) is 10.9 Å². The maximum absolute atomic E-state index is 11.5. The van der Waals surface area contributed by atoms with Crippen LogP contribution in [0.1, 0.15) is 24.2 Å². The van der Waals surface area contributed by atoms with Crippen LogP contribution in [0.4, 0.5) is 17.5 Å². The fraction of sp³-hybridized carbons (Fsp3) is 0.158. The van der Waals surface area contributed by atoms with Crippen LogP contribution in [-0.4, -0.2) is 32.9 Å². The van der Waals surface area contributed by atoms with Crippen molar-refractivity contribution in [2.24, 2.45) is 0 Å². The van der Waals surface area contributed by atoms with E-state index in [1.54, 1.807) is 31.2 Å². The number of aliphatic carboxylic acids is 1. The smallest absolute Gasteiger partial charge is 0.325 e. The molecule has 0 aliphatic carbocycles. The molecule has 0 radical (unpaired) electrons. The average molecular weight is 350 g/mol. The summed E-state index contributed by atoms with van der Waals surface area (Å²) >= 11 is 0. The summed E-state index contributed by atoms with van der Waals surface area (Å²) in [5.41, 5.74) is 1.92. The lowest BCUT2D eigenvalue weighted by Gasteiger charge is -2.14. The van der Waals surface area contributed by atoms with Gasteiger partial charge < -0.3 is 15.7 Å². The zero-order valence-corrected chi connectivity index (χ0v) is 14.4. The molecule has 1 heterocycles. The zero-order chi connectivity index (χ0) is 18.7. The van der Waals surface area contributed by atoms with Crippen molar-refractivity contribution in [2.45, 2.75) is 19.9 Å². The van der Waals surface area contributed by atoms with Gasteiger partial charge >= 0.3 is 5.97 Å². The number of nitrogens with zero attached hydrogens (tertiary/aromatic N) is 2. The molecular formula is C19H18N4O3. The molecule has 3 N–H and O–H groups in total. The van der Waals surface area contributed by atoms with Crippen LogP contribution in [0, 0.1) is 0 Å². The molecule has 1 atom stereocenters.